The Morgan fingerprint density at radius 3 is 2.54 bits per heavy atom. The van der Waals surface area contributed by atoms with Gasteiger partial charge >= 0.3 is 0 Å². The summed E-state index contributed by atoms with van der Waals surface area (Å²) in [6.07, 6.45) is 3.63. The summed E-state index contributed by atoms with van der Waals surface area (Å²) in [6, 6.07) is 14.4. The van der Waals surface area contributed by atoms with E-state index >= 15 is 0 Å². The summed E-state index contributed by atoms with van der Waals surface area (Å²) in [4.78, 5) is 13.1. The first-order chi connectivity index (χ1) is 13.8. The molecule has 0 amide bonds. The van der Waals surface area contributed by atoms with Gasteiger partial charge in [-0.1, -0.05) is 36.4 Å². The van der Waals surface area contributed by atoms with E-state index < -0.39 is 0 Å². The van der Waals surface area contributed by atoms with Gasteiger partial charge in [0.05, 0.1) is 22.5 Å². The van der Waals surface area contributed by atoms with Crippen LogP contribution in [-0.2, 0) is 6.54 Å². The molecule has 0 radical (unpaired) electrons. The molecule has 0 unspecified atom stereocenters. The Morgan fingerprint density at radius 1 is 0.964 bits per heavy atom. The normalized spacial score (nSPS) is 14.6. The van der Waals surface area contributed by atoms with Crippen LogP contribution in [-0.4, -0.2) is 32.8 Å². The lowest BCUT2D eigenvalue weighted by Crippen LogP contribution is -2.31. The molecule has 1 aliphatic rings. The molecular formula is C21H22N6S. The summed E-state index contributed by atoms with van der Waals surface area (Å²) in [5.41, 5.74) is 9.25. The number of hydrogen-bond acceptors (Lipinski definition) is 6. The van der Waals surface area contributed by atoms with E-state index in [1.54, 1.807) is 11.3 Å². The Bertz CT molecular complexity index is 1080. The van der Waals surface area contributed by atoms with Crippen molar-refractivity contribution in [2.45, 2.75) is 25.8 Å². The van der Waals surface area contributed by atoms with Gasteiger partial charge in [-0.25, -0.2) is 9.67 Å². The molecule has 142 valence electrons. The number of nitrogens with zero attached hydrogens (tertiary/aromatic N) is 5. The predicted octanol–water partition coefficient (Wildman–Crippen LogP) is 4.18. The van der Waals surface area contributed by atoms with Gasteiger partial charge in [0.1, 0.15) is 5.82 Å². The maximum absolute atomic E-state index is 6.53. The van der Waals surface area contributed by atoms with Crippen molar-refractivity contribution in [1.82, 2.24) is 19.7 Å². The van der Waals surface area contributed by atoms with Crippen molar-refractivity contribution in [3.8, 4) is 10.6 Å². The fourth-order valence-electron chi connectivity index (χ4n) is 3.75. The zero-order valence-corrected chi connectivity index (χ0v) is 16.4. The topological polar surface area (TPSA) is 72.9 Å². The molecule has 7 heteroatoms. The van der Waals surface area contributed by atoms with Crippen LogP contribution in [0.1, 0.15) is 24.8 Å². The summed E-state index contributed by atoms with van der Waals surface area (Å²) in [5, 5.41) is 7.66. The minimum absolute atomic E-state index is 0.617. The minimum Gasteiger partial charge on any atom is -0.383 e. The minimum atomic E-state index is 0.617. The number of hydrogen-bond donors (Lipinski definition) is 1. The van der Waals surface area contributed by atoms with Crippen LogP contribution in [0, 0.1) is 0 Å². The van der Waals surface area contributed by atoms with Crippen LogP contribution in [0.15, 0.2) is 47.8 Å². The lowest BCUT2D eigenvalue weighted by molar-refractivity contribution is 0.569. The SMILES string of the molecule is Nc1c2c(-c3cccs3)nc(N3CCCCC3)nc2nn1Cc1ccccc1. The van der Waals surface area contributed by atoms with Gasteiger partial charge in [-0.05, 0) is 36.3 Å². The zero-order chi connectivity index (χ0) is 18.9. The summed E-state index contributed by atoms with van der Waals surface area (Å²) in [7, 11) is 0. The number of anilines is 2. The number of thiophene rings is 1. The predicted molar refractivity (Wildman–Crippen MR) is 115 cm³/mol. The Hall–Kier alpha value is -2.93. The highest BCUT2D eigenvalue weighted by Gasteiger charge is 2.22. The maximum Gasteiger partial charge on any atom is 0.228 e. The number of nitrogen functional groups attached to an aromatic ring is 1. The molecule has 5 rings (SSSR count). The van der Waals surface area contributed by atoms with Crippen molar-refractivity contribution in [3.63, 3.8) is 0 Å². The van der Waals surface area contributed by atoms with Gasteiger partial charge in [0.15, 0.2) is 5.65 Å². The van der Waals surface area contributed by atoms with Crippen molar-refractivity contribution in [2.75, 3.05) is 23.7 Å². The maximum atomic E-state index is 6.53. The van der Waals surface area contributed by atoms with Crippen molar-refractivity contribution in [2.24, 2.45) is 0 Å². The van der Waals surface area contributed by atoms with E-state index in [0.29, 0.717) is 18.0 Å². The highest BCUT2D eigenvalue weighted by molar-refractivity contribution is 7.13. The summed E-state index contributed by atoms with van der Waals surface area (Å²) in [6.45, 7) is 2.61. The molecule has 4 aromatic rings. The summed E-state index contributed by atoms with van der Waals surface area (Å²) in [5.74, 6) is 1.38. The monoisotopic (exact) mass is 390 g/mol. The Balaban J connectivity index is 1.65. The van der Waals surface area contributed by atoms with Crippen LogP contribution in [0.4, 0.5) is 11.8 Å². The fraction of sp³-hybridized carbons (Fsp3) is 0.286. The molecular weight excluding hydrogens is 368 g/mol. The van der Waals surface area contributed by atoms with Crippen LogP contribution < -0.4 is 10.6 Å². The summed E-state index contributed by atoms with van der Waals surface area (Å²) < 4.78 is 1.84. The average Bonchev–Trinajstić information content (AvgIpc) is 3.38. The van der Waals surface area contributed by atoms with E-state index in [2.05, 4.69) is 28.5 Å². The highest BCUT2D eigenvalue weighted by atomic mass is 32.1. The molecule has 0 aliphatic carbocycles. The average molecular weight is 391 g/mol. The number of aromatic nitrogens is 4. The third-order valence-corrected chi connectivity index (χ3v) is 6.07. The largest absolute Gasteiger partial charge is 0.383 e. The van der Waals surface area contributed by atoms with E-state index in [0.717, 1.165) is 40.6 Å². The van der Waals surface area contributed by atoms with Crippen molar-refractivity contribution >= 4 is 34.1 Å². The number of nitrogens with two attached hydrogens (primary N) is 1. The number of rotatable bonds is 4. The van der Waals surface area contributed by atoms with Crippen LogP contribution in [0.2, 0.25) is 0 Å². The third-order valence-electron chi connectivity index (χ3n) is 5.20. The second kappa shape index (κ2) is 7.24. The highest BCUT2D eigenvalue weighted by Crippen LogP contribution is 2.35. The molecule has 1 fully saturated rings. The first-order valence-corrected chi connectivity index (χ1v) is 10.5. The lowest BCUT2D eigenvalue weighted by atomic mass is 10.1. The lowest BCUT2D eigenvalue weighted by Gasteiger charge is -2.26. The molecule has 4 heterocycles. The second-order valence-electron chi connectivity index (χ2n) is 7.12. The molecule has 3 aromatic heterocycles. The van der Waals surface area contributed by atoms with E-state index in [9.17, 15) is 0 Å². The molecule has 1 aromatic carbocycles. The van der Waals surface area contributed by atoms with Gasteiger partial charge in [-0.15, -0.1) is 16.4 Å². The van der Waals surface area contributed by atoms with E-state index in [-0.39, 0.29) is 0 Å². The summed E-state index contributed by atoms with van der Waals surface area (Å²) >= 11 is 1.67. The van der Waals surface area contributed by atoms with Crippen LogP contribution >= 0.6 is 11.3 Å². The molecule has 0 saturated carbocycles. The van der Waals surface area contributed by atoms with Gasteiger partial charge in [0.2, 0.25) is 5.95 Å². The number of fused-ring (bicyclic) bond motifs is 1. The number of benzene rings is 1. The van der Waals surface area contributed by atoms with Crippen molar-refractivity contribution in [3.05, 3.63) is 53.4 Å². The van der Waals surface area contributed by atoms with Gasteiger partial charge in [0.25, 0.3) is 0 Å². The second-order valence-corrected chi connectivity index (χ2v) is 8.07. The fourth-order valence-corrected chi connectivity index (χ4v) is 4.47. The third kappa shape index (κ3) is 3.11. The standard InChI is InChI=1S/C21H22N6S/c22-19-17-18(16-10-7-13-28-16)23-21(26-11-5-2-6-12-26)24-20(17)25-27(19)14-15-8-3-1-4-9-15/h1,3-4,7-10,13H,2,5-6,11-12,14,22H2. The van der Waals surface area contributed by atoms with Crippen molar-refractivity contribution in [1.29, 1.82) is 0 Å². The van der Waals surface area contributed by atoms with E-state index in [1.165, 1.54) is 19.3 Å². The molecule has 1 saturated heterocycles. The molecule has 2 N–H and O–H groups in total. The molecule has 6 nitrogen and oxygen atoms in total. The van der Waals surface area contributed by atoms with Gasteiger partial charge in [-0.3, -0.25) is 0 Å². The molecule has 0 bridgehead atoms. The van der Waals surface area contributed by atoms with Gasteiger partial charge in [0, 0.05) is 13.1 Å². The van der Waals surface area contributed by atoms with Crippen LogP contribution in [0.5, 0.6) is 0 Å². The van der Waals surface area contributed by atoms with Crippen LogP contribution in [0.25, 0.3) is 21.6 Å². The Labute approximate surface area is 167 Å². The number of piperidine rings is 1. The van der Waals surface area contributed by atoms with E-state index in [4.69, 9.17) is 20.8 Å². The first-order valence-electron chi connectivity index (χ1n) is 9.66. The van der Waals surface area contributed by atoms with Gasteiger partial charge < -0.3 is 10.6 Å². The molecule has 28 heavy (non-hydrogen) atoms. The van der Waals surface area contributed by atoms with E-state index in [1.807, 2.05) is 28.9 Å². The quantitative estimate of drug-likeness (QED) is 0.566. The van der Waals surface area contributed by atoms with Gasteiger partial charge in [-0.2, -0.15) is 4.98 Å². The smallest absolute Gasteiger partial charge is 0.228 e. The van der Waals surface area contributed by atoms with Crippen molar-refractivity contribution < 1.29 is 0 Å². The zero-order valence-electron chi connectivity index (χ0n) is 15.6. The first kappa shape index (κ1) is 17.2. The molecule has 1 aliphatic heterocycles. The molecule has 0 spiro atoms. The van der Waals surface area contributed by atoms with Crippen LogP contribution in [0.3, 0.4) is 0 Å². The Kier molecular flexibility index (Phi) is 4.44. The molecule has 0 atom stereocenters. The Morgan fingerprint density at radius 2 is 1.79 bits per heavy atom.